The number of nitrogens with zero attached hydrogens (tertiary/aromatic N) is 1. The molecular weight excluding hydrogens is 254 g/mol. The van der Waals surface area contributed by atoms with Crippen molar-refractivity contribution in [3.8, 4) is 0 Å². The first-order valence-corrected chi connectivity index (χ1v) is 6.27. The maximum Gasteiger partial charge on any atom is 0.254 e. The van der Waals surface area contributed by atoms with Gasteiger partial charge in [-0.05, 0) is 24.6 Å². The number of ether oxygens (including phenoxy) is 1. The Labute approximate surface area is 111 Å². The van der Waals surface area contributed by atoms with Crippen molar-refractivity contribution in [2.75, 3.05) is 26.3 Å². The van der Waals surface area contributed by atoms with E-state index in [1.54, 1.807) is 17.0 Å². The molecular formula is C13H16ClNO3. The largest absolute Gasteiger partial charge is 0.394 e. The minimum Gasteiger partial charge on any atom is -0.394 e. The van der Waals surface area contributed by atoms with Gasteiger partial charge in [0, 0.05) is 23.7 Å². The molecule has 0 aliphatic carbocycles. The summed E-state index contributed by atoms with van der Waals surface area (Å²) in [7, 11) is 0. The predicted octanol–water partition coefficient (Wildman–Crippen LogP) is 1.48. The van der Waals surface area contributed by atoms with E-state index in [0.29, 0.717) is 30.3 Å². The molecule has 0 radical (unpaired) electrons. The maximum absolute atomic E-state index is 12.3. The Morgan fingerprint density at radius 1 is 1.61 bits per heavy atom. The Morgan fingerprint density at radius 3 is 3.06 bits per heavy atom. The molecule has 18 heavy (non-hydrogen) atoms. The summed E-state index contributed by atoms with van der Waals surface area (Å²) in [6, 6.07) is 5.29. The maximum atomic E-state index is 12.3. The van der Waals surface area contributed by atoms with Gasteiger partial charge in [-0.3, -0.25) is 4.79 Å². The average molecular weight is 270 g/mol. The minimum atomic E-state index is -0.288. The number of amides is 1. The zero-order valence-electron chi connectivity index (χ0n) is 10.2. The van der Waals surface area contributed by atoms with Crippen molar-refractivity contribution in [2.45, 2.75) is 13.0 Å². The molecule has 1 N–H and O–H groups in total. The highest BCUT2D eigenvalue weighted by Crippen LogP contribution is 2.18. The number of aliphatic hydroxyl groups is 1. The van der Waals surface area contributed by atoms with Crippen LogP contribution >= 0.6 is 11.6 Å². The topological polar surface area (TPSA) is 49.8 Å². The molecule has 1 aliphatic rings. The fraction of sp³-hybridized carbons (Fsp3) is 0.462. The molecule has 1 atom stereocenters. The van der Waals surface area contributed by atoms with Gasteiger partial charge in [0.25, 0.3) is 5.91 Å². The second-order valence-electron chi connectivity index (χ2n) is 4.39. The summed E-state index contributed by atoms with van der Waals surface area (Å²) in [6.07, 6.45) is -0.288. The van der Waals surface area contributed by atoms with Crippen molar-refractivity contribution in [3.63, 3.8) is 0 Å². The second-order valence-corrected chi connectivity index (χ2v) is 4.80. The van der Waals surface area contributed by atoms with Crippen molar-refractivity contribution in [1.82, 2.24) is 4.90 Å². The zero-order valence-corrected chi connectivity index (χ0v) is 11.0. The Bertz CT molecular complexity index is 450. The van der Waals surface area contributed by atoms with Crippen molar-refractivity contribution in [3.05, 3.63) is 34.3 Å². The van der Waals surface area contributed by atoms with Crippen LogP contribution in [-0.2, 0) is 4.74 Å². The molecule has 98 valence electrons. The van der Waals surface area contributed by atoms with Crippen LogP contribution in [-0.4, -0.2) is 48.3 Å². The number of carbonyl (C=O) groups is 1. The molecule has 5 heteroatoms. The van der Waals surface area contributed by atoms with E-state index in [4.69, 9.17) is 21.4 Å². The number of hydrogen-bond acceptors (Lipinski definition) is 3. The Hall–Kier alpha value is -1.10. The first-order chi connectivity index (χ1) is 8.61. The highest BCUT2D eigenvalue weighted by Gasteiger charge is 2.24. The van der Waals surface area contributed by atoms with Crippen LogP contribution in [0.1, 0.15) is 15.9 Å². The van der Waals surface area contributed by atoms with E-state index in [1.165, 1.54) is 0 Å². The van der Waals surface area contributed by atoms with Gasteiger partial charge in [0.1, 0.15) is 0 Å². The van der Waals surface area contributed by atoms with Crippen LogP contribution in [0.5, 0.6) is 0 Å². The van der Waals surface area contributed by atoms with Crippen LogP contribution in [0, 0.1) is 6.92 Å². The van der Waals surface area contributed by atoms with E-state index in [9.17, 15) is 4.79 Å². The summed E-state index contributed by atoms with van der Waals surface area (Å²) in [6.45, 7) is 3.24. The third kappa shape index (κ3) is 2.83. The molecule has 0 aromatic heterocycles. The molecule has 0 spiro atoms. The average Bonchev–Trinajstić information content (AvgIpc) is 2.41. The zero-order chi connectivity index (χ0) is 13.1. The van der Waals surface area contributed by atoms with Crippen LogP contribution < -0.4 is 0 Å². The number of benzene rings is 1. The molecule has 1 aromatic carbocycles. The van der Waals surface area contributed by atoms with Gasteiger partial charge in [-0.15, -0.1) is 0 Å². The van der Waals surface area contributed by atoms with E-state index in [1.807, 2.05) is 13.0 Å². The second kappa shape index (κ2) is 5.69. The fourth-order valence-corrected chi connectivity index (χ4v) is 2.10. The Morgan fingerprint density at radius 2 is 2.39 bits per heavy atom. The molecule has 0 bridgehead atoms. The lowest BCUT2D eigenvalue weighted by Gasteiger charge is -2.32. The van der Waals surface area contributed by atoms with Gasteiger partial charge in [-0.1, -0.05) is 17.7 Å². The van der Waals surface area contributed by atoms with Crippen LogP contribution in [0.2, 0.25) is 5.02 Å². The number of halogens is 1. The third-order valence-corrected chi connectivity index (χ3v) is 3.46. The van der Waals surface area contributed by atoms with E-state index in [-0.39, 0.29) is 18.6 Å². The molecule has 1 saturated heterocycles. The van der Waals surface area contributed by atoms with E-state index in [0.717, 1.165) is 5.56 Å². The number of hydrogen-bond donors (Lipinski definition) is 1. The molecule has 1 aromatic rings. The highest BCUT2D eigenvalue weighted by atomic mass is 35.5. The van der Waals surface area contributed by atoms with E-state index in [2.05, 4.69) is 0 Å². The molecule has 1 aliphatic heterocycles. The molecule has 1 fully saturated rings. The highest BCUT2D eigenvalue weighted by molar-refractivity contribution is 6.31. The third-order valence-electron chi connectivity index (χ3n) is 3.05. The lowest BCUT2D eigenvalue weighted by atomic mass is 10.1. The van der Waals surface area contributed by atoms with Gasteiger partial charge in [0.05, 0.1) is 19.3 Å². The van der Waals surface area contributed by atoms with Crippen molar-refractivity contribution in [2.24, 2.45) is 0 Å². The molecule has 1 amide bonds. The predicted molar refractivity (Wildman–Crippen MR) is 68.9 cm³/mol. The van der Waals surface area contributed by atoms with Crippen molar-refractivity contribution < 1.29 is 14.6 Å². The van der Waals surface area contributed by atoms with Gasteiger partial charge < -0.3 is 14.7 Å². The first kappa shape index (κ1) is 13.3. The standard InChI is InChI=1S/C13H16ClNO3/c1-9-2-3-10(6-12(9)14)13(17)15-4-5-18-11(7-15)8-16/h2-3,6,11,16H,4-5,7-8H2,1H3. The van der Waals surface area contributed by atoms with Gasteiger partial charge in [0.15, 0.2) is 0 Å². The number of rotatable bonds is 2. The molecule has 0 saturated carbocycles. The monoisotopic (exact) mass is 269 g/mol. The van der Waals surface area contributed by atoms with Crippen LogP contribution in [0.3, 0.4) is 0 Å². The summed E-state index contributed by atoms with van der Waals surface area (Å²) in [5.41, 5.74) is 1.52. The van der Waals surface area contributed by atoms with Crippen molar-refractivity contribution >= 4 is 17.5 Å². The van der Waals surface area contributed by atoms with Crippen LogP contribution in [0.15, 0.2) is 18.2 Å². The van der Waals surface area contributed by atoms with E-state index < -0.39 is 0 Å². The quantitative estimate of drug-likeness (QED) is 0.885. The van der Waals surface area contributed by atoms with E-state index >= 15 is 0 Å². The molecule has 4 nitrogen and oxygen atoms in total. The summed E-state index contributed by atoms with van der Waals surface area (Å²) in [5.74, 6) is -0.0707. The van der Waals surface area contributed by atoms with Gasteiger partial charge in [0.2, 0.25) is 0 Å². The van der Waals surface area contributed by atoms with Crippen LogP contribution in [0.4, 0.5) is 0 Å². The number of aliphatic hydroxyl groups excluding tert-OH is 1. The summed E-state index contributed by atoms with van der Waals surface area (Å²) < 4.78 is 5.32. The SMILES string of the molecule is Cc1ccc(C(=O)N2CCOC(CO)C2)cc1Cl. The summed E-state index contributed by atoms with van der Waals surface area (Å²) in [4.78, 5) is 13.9. The van der Waals surface area contributed by atoms with Crippen LogP contribution in [0.25, 0.3) is 0 Å². The fourth-order valence-electron chi connectivity index (χ4n) is 1.92. The number of aryl methyl sites for hydroxylation is 1. The summed E-state index contributed by atoms with van der Waals surface area (Å²) >= 11 is 6.02. The lowest BCUT2D eigenvalue weighted by Crippen LogP contribution is -2.46. The minimum absolute atomic E-state index is 0.0707. The molecule has 1 heterocycles. The lowest BCUT2D eigenvalue weighted by molar-refractivity contribution is -0.0447. The van der Waals surface area contributed by atoms with Gasteiger partial charge in [-0.2, -0.15) is 0 Å². The molecule has 1 unspecified atom stereocenters. The Kier molecular flexibility index (Phi) is 4.22. The normalized spacial score (nSPS) is 19.9. The summed E-state index contributed by atoms with van der Waals surface area (Å²) in [5, 5.41) is 9.65. The molecule has 2 rings (SSSR count). The van der Waals surface area contributed by atoms with Gasteiger partial charge >= 0.3 is 0 Å². The number of morpholine rings is 1. The van der Waals surface area contributed by atoms with Gasteiger partial charge in [-0.25, -0.2) is 0 Å². The smallest absolute Gasteiger partial charge is 0.254 e. The van der Waals surface area contributed by atoms with Crippen molar-refractivity contribution in [1.29, 1.82) is 0 Å². The first-order valence-electron chi connectivity index (χ1n) is 5.89. The number of carbonyl (C=O) groups excluding carboxylic acids is 1. The Balaban J connectivity index is 2.12.